The standard InChI is InChI=1S/C25H40O4/c1-4-7-8-9-10-11-15-20-28-23(26)25(5-2,6-3)24(27)29-21-16-19-22-17-13-12-14-18-22/h12-14,17-18H,4-11,15-16,19-21H2,1-3H3. The SMILES string of the molecule is CCCCCCCCCOC(=O)C(CC)(CC)C(=O)OCCCc1ccccc1. The van der Waals surface area contributed by atoms with Crippen LogP contribution in [0.2, 0.25) is 0 Å². The van der Waals surface area contributed by atoms with Gasteiger partial charge in [-0.2, -0.15) is 0 Å². The van der Waals surface area contributed by atoms with Gasteiger partial charge in [-0.3, -0.25) is 9.59 Å². The third kappa shape index (κ3) is 9.01. The third-order valence-electron chi connectivity index (χ3n) is 5.66. The highest BCUT2D eigenvalue weighted by molar-refractivity contribution is 5.99. The van der Waals surface area contributed by atoms with Crippen LogP contribution in [0.4, 0.5) is 0 Å². The van der Waals surface area contributed by atoms with E-state index in [-0.39, 0.29) is 0 Å². The molecule has 0 N–H and O–H groups in total. The number of esters is 2. The molecule has 0 radical (unpaired) electrons. The number of ether oxygens (including phenoxy) is 2. The fourth-order valence-electron chi connectivity index (χ4n) is 3.50. The van der Waals surface area contributed by atoms with Gasteiger partial charge in [-0.15, -0.1) is 0 Å². The molecule has 0 aliphatic heterocycles. The molecule has 29 heavy (non-hydrogen) atoms. The zero-order valence-electron chi connectivity index (χ0n) is 18.7. The van der Waals surface area contributed by atoms with Crippen LogP contribution in [0.15, 0.2) is 30.3 Å². The van der Waals surface area contributed by atoms with Crippen LogP contribution in [0, 0.1) is 5.41 Å². The predicted octanol–water partition coefficient (Wildman–Crippen LogP) is 6.26. The third-order valence-corrected chi connectivity index (χ3v) is 5.66. The van der Waals surface area contributed by atoms with E-state index in [9.17, 15) is 9.59 Å². The first-order chi connectivity index (χ1) is 14.1. The predicted molar refractivity (Wildman–Crippen MR) is 118 cm³/mol. The average molecular weight is 405 g/mol. The Balaban J connectivity index is 2.35. The van der Waals surface area contributed by atoms with Crippen molar-refractivity contribution in [3.63, 3.8) is 0 Å². The summed E-state index contributed by atoms with van der Waals surface area (Å²) in [6, 6.07) is 10.1. The van der Waals surface area contributed by atoms with Crippen LogP contribution in [0.3, 0.4) is 0 Å². The van der Waals surface area contributed by atoms with Gasteiger partial charge in [0, 0.05) is 0 Å². The summed E-state index contributed by atoms with van der Waals surface area (Å²) < 4.78 is 10.9. The summed E-state index contributed by atoms with van der Waals surface area (Å²) in [6.45, 7) is 6.62. The molecule has 0 saturated carbocycles. The Kier molecular flexibility index (Phi) is 13.1. The Labute approximate surface area is 177 Å². The molecular formula is C25H40O4. The van der Waals surface area contributed by atoms with Gasteiger partial charge in [-0.25, -0.2) is 0 Å². The minimum Gasteiger partial charge on any atom is -0.465 e. The van der Waals surface area contributed by atoms with Crippen molar-refractivity contribution in [3.05, 3.63) is 35.9 Å². The summed E-state index contributed by atoms with van der Waals surface area (Å²) in [4.78, 5) is 25.4. The summed E-state index contributed by atoms with van der Waals surface area (Å²) in [7, 11) is 0. The highest BCUT2D eigenvalue weighted by Crippen LogP contribution is 2.30. The maximum atomic E-state index is 12.7. The first kappa shape index (κ1) is 25.2. The lowest BCUT2D eigenvalue weighted by Gasteiger charge is -2.27. The second kappa shape index (κ2) is 15.1. The molecule has 1 aromatic carbocycles. The van der Waals surface area contributed by atoms with Gasteiger partial charge in [-0.05, 0) is 37.7 Å². The second-order valence-electron chi connectivity index (χ2n) is 7.77. The largest absolute Gasteiger partial charge is 0.465 e. The molecule has 0 aliphatic carbocycles. The lowest BCUT2D eigenvalue weighted by molar-refractivity contribution is -0.173. The van der Waals surface area contributed by atoms with Gasteiger partial charge in [-0.1, -0.05) is 89.6 Å². The molecule has 0 unspecified atom stereocenters. The Morgan fingerprint density at radius 2 is 1.24 bits per heavy atom. The van der Waals surface area contributed by atoms with Crippen molar-refractivity contribution in [3.8, 4) is 0 Å². The van der Waals surface area contributed by atoms with Crippen molar-refractivity contribution < 1.29 is 19.1 Å². The Morgan fingerprint density at radius 3 is 1.79 bits per heavy atom. The van der Waals surface area contributed by atoms with E-state index in [1.165, 1.54) is 37.7 Å². The van der Waals surface area contributed by atoms with E-state index in [0.29, 0.717) is 26.1 Å². The summed E-state index contributed by atoms with van der Waals surface area (Å²) in [5.74, 6) is -0.873. The van der Waals surface area contributed by atoms with Gasteiger partial charge in [0.2, 0.25) is 0 Å². The minimum absolute atomic E-state index is 0.320. The number of carbonyl (C=O) groups excluding carboxylic acids is 2. The smallest absolute Gasteiger partial charge is 0.323 e. The number of rotatable bonds is 16. The maximum Gasteiger partial charge on any atom is 0.323 e. The van der Waals surface area contributed by atoms with Crippen LogP contribution in [0.25, 0.3) is 0 Å². The molecule has 4 heteroatoms. The van der Waals surface area contributed by atoms with Crippen LogP contribution >= 0.6 is 0 Å². The number of aryl methyl sites for hydroxylation is 1. The van der Waals surface area contributed by atoms with Crippen molar-refractivity contribution in [1.82, 2.24) is 0 Å². The maximum absolute atomic E-state index is 12.7. The van der Waals surface area contributed by atoms with Crippen molar-refractivity contribution >= 4 is 11.9 Å². The lowest BCUT2D eigenvalue weighted by atomic mass is 9.82. The number of hydrogen-bond acceptors (Lipinski definition) is 4. The van der Waals surface area contributed by atoms with Crippen LogP contribution in [0.1, 0.15) is 90.5 Å². The van der Waals surface area contributed by atoms with Crippen LogP contribution < -0.4 is 0 Å². The number of unbranched alkanes of at least 4 members (excludes halogenated alkanes) is 6. The highest BCUT2D eigenvalue weighted by Gasteiger charge is 2.45. The van der Waals surface area contributed by atoms with E-state index in [1.807, 2.05) is 32.0 Å². The Bertz CT molecular complexity index is 563. The van der Waals surface area contributed by atoms with E-state index in [0.717, 1.165) is 25.7 Å². The van der Waals surface area contributed by atoms with Gasteiger partial charge in [0.25, 0.3) is 0 Å². The van der Waals surface area contributed by atoms with Gasteiger partial charge >= 0.3 is 11.9 Å². The Morgan fingerprint density at radius 1 is 0.724 bits per heavy atom. The van der Waals surface area contributed by atoms with Crippen LogP contribution in [-0.4, -0.2) is 25.2 Å². The number of hydrogen-bond donors (Lipinski definition) is 0. The van der Waals surface area contributed by atoms with Crippen molar-refractivity contribution in [2.24, 2.45) is 5.41 Å². The molecular weight excluding hydrogens is 364 g/mol. The minimum atomic E-state index is -1.17. The van der Waals surface area contributed by atoms with Gasteiger partial charge in [0.1, 0.15) is 0 Å². The first-order valence-corrected chi connectivity index (χ1v) is 11.5. The van der Waals surface area contributed by atoms with E-state index in [2.05, 4.69) is 19.1 Å². The zero-order valence-corrected chi connectivity index (χ0v) is 18.7. The number of carbonyl (C=O) groups is 2. The summed E-state index contributed by atoms with van der Waals surface area (Å²) in [5.41, 5.74) is 0.0448. The van der Waals surface area contributed by atoms with Gasteiger partial charge in [0.05, 0.1) is 13.2 Å². The molecule has 0 aliphatic rings. The van der Waals surface area contributed by atoms with E-state index in [4.69, 9.17) is 9.47 Å². The lowest BCUT2D eigenvalue weighted by Crippen LogP contribution is -2.41. The topological polar surface area (TPSA) is 52.6 Å². The molecule has 4 nitrogen and oxygen atoms in total. The van der Waals surface area contributed by atoms with Crippen LogP contribution in [-0.2, 0) is 25.5 Å². The molecule has 0 amide bonds. The fraction of sp³-hybridized carbons (Fsp3) is 0.680. The van der Waals surface area contributed by atoms with Gasteiger partial charge in [0.15, 0.2) is 5.41 Å². The molecule has 0 aromatic heterocycles. The monoisotopic (exact) mass is 404 g/mol. The zero-order chi connectivity index (χ0) is 21.4. The van der Waals surface area contributed by atoms with E-state index in [1.54, 1.807) is 0 Å². The van der Waals surface area contributed by atoms with Crippen LogP contribution in [0.5, 0.6) is 0 Å². The summed E-state index contributed by atoms with van der Waals surface area (Å²) in [5, 5.41) is 0. The molecule has 0 fully saturated rings. The average Bonchev–Trinajstić information content (AvgIpc) is 2.75. The molecule has 0 spiro atoms. The van der Waals surface area contributed by atoms with Gasteiger partial charge < -0.3 is 9.47 Å². The molecule has 164 valence electrons. The molecule has 0 saturated heterocycles. The number of benzene rings is 1. The van der Waals surface area contributed by atoms with E-state index < -0.39 is 17.4 Å². The fourth-order valence-corrected chi connectivity index (χ4v) is 3.50. The summed E-state index contributed by atoms with van der Waals surface area (Å²) in [6.07, 6.45) is 10.5. The summed E-state index contributed by atoms with van der Waals surface area (Å²) >= 11 is 0. The van der Waals surface area contributed by atoms with Crippen molar-refractivity contribution in [2.45, 2.75) is 91.4 Å². The first-order valence-electron chi connectivity index (χ1n) is 11.5. The molecule has 1 rings (SSSR count). The normalized spacial score (nSPS) is 11.3. The molecule has 0 heterocycles. The Hall–Kier alpha value is -1.84. The molecule has 0 bridgehead atoms. The second-order valence-corrected chi connectivity index (χ2v) is 7.77. The van der Waals surface area contributed by atoms with E-state index >= 15 is 0 Å². The highest BCUT2D eigenvalue weighted by atomic mass is 16.6. The van der Waals surface area contributed by atoms with Crippen molar-refractivity contribution in [1.29, 1.82) is 0 Å². The quantitative estimate of drug-likeness (QED) is 0.185. The molecule has 0 atom stereocenters. The van der Waals surface area contributed by atoms with Crippen molar-refractivity contribution in [2.75, 3.05) is 13.2 Å². The molecule has 1 aromatic rings.